The number of halogens is 1. The lowest BCUT2D eigenvalue weighted by Crippen LogP contribution is -2.36. The molecular weight excluding hydrogens is 517 g/mol. The normalized spacial score (nSPS) is 12.0. The Morgan fingerprint density at radius 1 is 1.02 bits per heavy atom. The molecule has 0 aliphatic rings. The van der Waals surface area contributed by atoms with E-state index in [4.69, 9.17) is 9.97 Å². The summed E-state index contributed by atoms with van der Waals surface area (Å²) in [5.41, 5.74) is 5.82. The van der Waals surface area contributed by atoms with Gasteiger partial charge in [0.05, 0.1) is 29.7 Å². The van der Waals surface area contributed by atoms with Gasteiger partial charge in [-0.2, -0.15) is 0 Å². The van der Waals surface area contributed by atoms with Crippen LogP contribution in [0.5, 0.6) is 0 Å². The van der Waals surface area contributed by atoms with Crippen LogP contribution < -0.4 is 5.32 Å². The van der Waals surface area contributed by atoms with E-state index in [1.807, 2.05) is 72.9 Å². The van der Waals surface area contributed by atoms with Gasteiger partial charge in [-0.15, -0.1) is 0 Å². The third-order valence-electron chi connectivity index (χ3n) is 7.11. The lowest BCUT2D eigenvalue weighted by Gasteiger charge is -2.20. The molecule has 0 unspecified atom stereocenters. The molecule has 41 heavy (non-hydrogen) atoms. The van der Waals surface area contributed by atoms with Crippen molar-refractivity contribution < 1.29 is 9.18 Å². The van der Waals surface area contributed by atoms with Gasteiger partial charge in [0.2, 0.25) is 11.9 Å². The summed E-state index contributed by atoms with van der Waals surface area (Å²) in [6.45, 7) is 5.62. The third kappa shape index (κ3) is 6.41. The number of pyridine rings is 1. The molecule has 2 aromatic carbocycles. The Morgan fingerprint density at radius 2 is 1.78 bits per heavy atom. The minimum Gasteiger partial charge on any atom is -0.348 e. The molecule has 0 fully saturated rings. The maximum atomic E-state index is 13.8. The Bertz CT molecular complexity index is 1640. The number of nitrogens with one attached hydrogen (secondary N) is 1. The monoisotopic (exact) mass is 551 g/mol. The highest BCUT2D eigenvalue weighted by Gasteiger charge is 2.19. The quantitative estimate of drug-likeness (QED) is 0.241. The van der Waals surface area contributed by atoms with Crippen LogP contribution in [0.4, 0.5) is 10.3 Å². The molecule has 1 N–H and O–H groups in total. The van der Waals surface area contributed by atoms with Gasteiger partial charge >= 0.3 is 0 Å². The van der Waals surface area contributed by atoms with E-state index in [1.165, 1.54) is 12.1 Å². The zero-order chi connectivity index (χ0) is 28.9. The Kier molecular flexibility index (Phi) is 8.35. The first-order valence-electron chi connectivity index (χ1n) is 13.7. The van der Waals surface area contributed by atoms with Crippen molar-refractivity contribution in [3.8, 4) is 22.6 Å². The predicted octanol–water partition coefficient (Wildman–Crippen LogP) is 5.68. The van der Waals surface area contributed by atoms with Crippen LogP contribution in [-0.4, -0.2) is 62.2 Å². The summed E-state index contributed by atoms with van der Waals surface area (Å²) in [5.74, 6) is 0.266. The maximum Gasteiger partial charge on any atom is 0.236 e. The zero-order valence-electron chi connectivity index (χ0n) is 23.8. The second kappa shape index (κ2) is 12.3. The number of carbonyl (C=O) groups excluding carboxylic acids is 1. The zero-order valence-corrected chi connectivity index (χ0v) is 23.8. The van der Waals surface area contributed by atoms with Crippen molar-refractivity contribution in [3.63, 3.8) is 0 Å². The number of fused-ring (bicyclic) bond motifs is 1. The van der Waals surface area contributed by atoms with Crippen molar-refractivity contribution in [3.05, 3.63) is 102 Å². The standard InChI is InChI=1S/C32H34FN7O/c1-5-39(4)29(41)21-38(3)20-23-16-18-40-28(19-23)37-30(25-11-13-26(33)14-12-25)31(40)27-15-17-34-32(36-27)35-22(2)24-9-7-6-8-10-24/h6-19,22H,5,20-21H2,1-4H3,(H,34,35,36)/t22-/m0/s1. The number of aromatic nitrogens is 4. The molecule has 0 bridgehead atoms. The molecule has 3 aromatic heterocycles. The van der Waals surface area contributed by atoms with Crippen molar-refractivity contribution >= 4 is 17.5 Å². The number of hydrogen-bond acceptors (Lipinski definition) is 6. The first-order chi connectivity index (χ1) is 19.8. The fourth-order valence-corrected chi connectivity index (χ4v) is 4.71. The molecule has 0 saturated carbocycles. The molecule has 9 heteroatoms. The topological polar surface area (TPSA) is 78.7 Å². The Labute approximate surface area is 239 Å². The molecule has 3 heterocycles. The molecule has 0 aliphatic heterocycles. The number of amides is 1. The van der Waals surface area contributed by atoms with Gasteiger partial charge in [-0.3, -0.25) is 14.1 Å². The van der Waals surface area contributed by atoms with Crippen molar-refractivity contribution in [2.45, 2.75) is 26.4 Å². The van der Waals surface area contributed by atoms with Crippen molar-refractivity contribution in [2.75, 3.05) is 32.5 Å². The highest BCUT2D eigenvalue weighted by Crippen LogP contribution is 2.33. The summed E-state index contributed by atoms with van der Waals surface area (Å²) in [4.78, 5) is 30.3. The van der Waals surface area contributed by atoms with E-state index in [9.17, 15) is 9.18 Å². The van der Waals surface area contributed by atoms with E-state index in [0.29, 0.717) is 37.0 Å². The van der Waals surface area contributed by atoms with E-state index in [1.54, 1.807) is 23.2 Å². The molecule has 8 nitrogen and oxygen atoms in total. The summed E-state index contributed by atoms with van der Waals surface area (Å²) in [6, 6.07) is 22.3. The maximum absolute atomic E-state index is 13.8. The van der Waals surface area contributed by atoms with Crippen LogP contribution in [0.25, 0.3) is 28.3 Å². The van der Waals surface area contributed by atoms with E-state index in [-0.39, 0.29) is 17.8 Å². The molecule has 0 spiro atoms. The fourth-order valence-electron chi connectivity index (χ4n) is 4.71. The van der Waals surface area contributed by atoms with Crippen LogP contribution in [0, 0.1) is 5.82 Å². The lowest BCUT2D eigenvalue weighted by molar-refractivity contribution is -0.130. The van der Waals surface area contributed by atoms with E-state index in [0.717, 1.165) is 28.0 Å². The number of anilines is 1. The van der Waals surface area contributed by atoms with E-state index in [2.05, 4.69) is 29.4 Å². The second-order valence-corrected chi connectivity index (χ2v) is 10.2. The minimum absolute atomic E-state index is 0.00810. The molecule has 5 rings (SSSR count). The van der Waals surface area contributed by atoms with Crippen LogP contribution in [0.1, 0.15) is 31.0 Å². The minimum atomic E-state index is -0.309. The highest BCUT2D eigenvalue weighted by atomic mass is 19.1. The lowest BCUT2D eigenvalue weighted by atomic mass is 10.1. The molecule has 1 atom stereocenters. The summed E-state index contributed by atoms with van der Waals surface area (Å²) in [5, 5.41) is 3.40. The van der Waals surface area contributed by atoms with Crippen LogP contribution in [0.2, 0.25) is 0 Å². The number of imidazole rings is 1. The van der Waals surface area contributed by atoms with E-state index < -0.39 is 0 Å². The van der Waals surface area contributed by atoms with Crippen molar-refractivity contribution in [1.82, 2.24) is 29.2 Å². The van der Waals surface area contributed by atoms with Gasteiger partial charge in [-0.25, -0.2) is 19.3 Å². The van der Waals surface area contributed by atoms with Gasteiger partial charge in [-0.1, -0.05) is 30.3 Å². The predicted molar refractivity (Wildman–Crippen MR) is 160 cm³/mol. The number of nitrogens with zero attached hydrogens (tertiary/aromatic N) is 6. The van der Waals surface area contributed by atoms with Gasteiger partial charge in [0, 0.05) is 38.1 Å². The average Bonchev–Trinajstić information content (AvgIpc) is 3.36. The number of benzene rings is 2. The van der Waals surface area contributed by atoms with E-state index >= 15 is 0 Å². The largest absolute Gasteiger partial charge is 0.348 e. The molecule has 0 saturated heterocycles. The Morgan fingerprint density at radius 3 is 2.51 bits per heavy atom. The van der Waals surface area contributed by atoms with Gasteiger partial charge in [-0.05, 0) is 74.5 Å². The molecule has 5 aromatic rings. The van der Waals surface area contributed by atoms with Crippen molar-refractivity contribution in [1.29, 1.82) is 0 Å². The number of rotatable bonds is 10. The van der Waals surface area contributed by atoms with Crippen LogP contribution in [0.3, 0.4) is 0 Å². The fraction of sp³-hybridized carbons (Fsp3) is 0.250. The number of likely N-dealkylation sites (N-methyl/N-ethyl adjacent to an activating group) is 2. The van der Waals surface area contributed by atoms with Gasteiger partial charge in [0.15, 0.2) is 0 Å². The van der Waals surface area contributed by atoms with Crippen LogP contribution >= 0.6 is 0 Å². The number of carbonyl (C=O) groups is 1. The molecule has 0 radical (unpaired) electrons. The average molecular weight is 552 g/mol. The molecular formula is C32H34FN7O. The second-order valence-electron chi connectivity index (χ2n) is 10.2. The first-order valence-corrected chi connectivity index (χ1v) is 13.7. The van der Waals surface area contributed by atoms with Crippen LogP contribution in [-0.2, 0) is 11.3 Å². The summed E-state index contributed by atoms with van der Waals surface area (Å²) < 4.78 is 15.8. The summed E-state index contributed by atoms with van der Waals surface area (Å²) in [7, 11) is 3.74. The SMILES string of the molecule is CCN(C)C(=O)CN(C)Cc1ccn2c(-c3ccnc(N[C@@H](C)c4ccccc4)n3)c(-c3ccc(F)cc3)nc2c1. The van der Waals surface area contributed by atoms with Gasteiger partial charge in [0.1, 0.15) is 11.5 Å². The Balaban J connectivity index is 1.50. The first kappa shape index (κ1) is 27.9. The van der Waals surface area contributed by atoms with Gasteiger partial charge < -0.3 is 10.2 Å². The number of hydrogen-bond donors (Lipinski definition) is 1. The molecule has 210 valence electrons. The summed E-state index contributed by atoms with van der Waals surface area (Å²) in [6.07, 6.45) is 3.69. The molecule has 1 amide bonds. The van der Waals surface area contributed by atoms with Crippen molar-refractivity contribution in [2.24, 2.45) is 0 Å². The third-order valence-corrected chi connectivity index (χ3v) is 7.11. The smallest absolute Gasteiger partial charge is 0.236 e. The Hall–Kier alpha value is -4.63. The van der Waals surface area contributed by atoms with Crippen LogP contribution in [0.15, 0.2) is 85.2 Å². The molecule has 0 aliphatic carbocycles. The highest BCUT2D eigenvalue weighted by molar-refractivity contribution is 5.81. The summed E-state index contributed by atoms with van der Waals surface area (Å²) >= 11 is 0. The van der Waals surface area contributed by atoms with Gasteiger partial charge in [0.25, 0.3) is 0 Å².